The Bertz CT molecular complexity index is 857. The van der Waals surface area contributed by atoms with E-state index < -0.39 is 0 Å². The van der Waals surface area contributed by atoms with Gasteiger partial charge in [-0.05, 0) is 53.3 Å². The Morgan fingerprint density at radius 1 is 1.11 bits per heavy atom. The van der Waals surface area contributed by atoms with Gasteiger partial charge in [-0.3, -0.25) is 4.79 Å². The number of esters is 1. The fourth-order valence-electron chi connectivity index (χ4n) is 2.21. The number of rotatable bonds is 7. The van der Waals surface area contributed by atoms with Gasteiger partial charge in [0.1, 0.15) is 0 Å². The molecule has 2 rings (SSSR count). The fourth-order valence-corrected chi connectivity index (χ4v) is 2.33. The van der Waals surface area contributed by atoms with Crippen molar-refractivity contribution >= 4 is 34.7 Å². The molecule has 0 spiro atoms. The molecule has 0 aliphatic heterocycles. The minimum absolute atomic E-state index is 0.0968. The average molecular weight is 389 g/mol. The van der Waals surface area contributed by atoms with E-state index >= 15 is 0 Å². The summed E-state index contributed by atoms with van der Waals surface area (Å²) in [7, 11) is 4.49. The number of hydrogen-bond donors (Lipinski definition) is 2. The molecule has 0 atom stereocenters. The van der Waals surface area contributed by atoms with Crippen LogP contribution < -0.4 is 20.1 Å². The molecule has 0 bridgehead atoms. The van der Waals surface area contributed by atoms with E-state index in [0.717, 1.165) is 0 Å². The van der Waals surface area contributed by atoms with Gasteiger partial charge in [0.15, 0.2) is 28.0 Å². The number of nitrogens with one attached hydrogen (secondary N) is 2. The largest absolute Gasteiger partial charge is 0.493 e. The van der Waals surface area contributed by atoms with Crippen molar-refractivity contribution in [1.29, 1.82) is 0 Å². The Balaban J connectivity index is 2.26. The Morgan fingerprint density at radius 3 is 2.48 bits per heavy atom. The Labute approximate surface area is 161 Å². The van der Waals surface area contributed by atoms with Crippen molar-refractivity contribution in [3.05, 3.63) is 46.9 Å². The zero-order valence-corrected chi connectivity index (χ0v) is 15.9. The molecule has 2 aromatic rings. The molecule has 0 radical (unpaired) electrons. The van der Waals surface area contributed by atoms with Crippen LogP contribution in [0.25, 0.3) is 0 Å². The first-order chi connectivity index (χ1) is 13.0. The maximum absolute atomic E-state index is 11.4. The molecule has 9 heteroatoms. The number of carbonyl (C=O) groups excluding carboxylic acids is 1. The summed E-state index contributed by atoms with van der Waals surface area (Å²) >= 11 is 5.03. The van der Waals surface area contributed by atoms with Crippen molar-refractivity contribution in [3.63, 3.8) is 0 Å². The number of methoxy groups -OCH3 is 2. The molecule has 0 saturated heterocycles. The second-order valence-electron chi connectivity index (χ2n) is 5.32. The van der Waals surface area contributed by atoms with E-state index in [0.29, 0.717) is 27.9 Å². The lowest BCUT2D eigenvalue weighted by molar-refractivity contribution is -0.139. The molecule has 27 heavy (non-hydrogen) atoms. The fraction of sp³-hybridized carbons (Fsp3) is 0.222. The van der Waals surface area contributed by atoms with Crippen LogP contribution in [0.3, 0.4) is 0 Å². The second kappa shape index (κ2) is 9.48. The average Bonchev–Trinajstić information content (AvgIpc) is 2.69. The number of nitroso groups, excluding NO2 is 1. The maximum Gasteiger partial charge on any atom is 0.309 e. The van der Waals surface area contributed by atoms with Gasteiger partial charge in [0, 0.05) is 12.7 Å². The number of thiocarbonyl (C=S) groups is 1. The molecule has 0 saturated carbocycles. The highest BCUT2D eigenvalue weighted by molar-refractivity contribution is 7.80. The number of hydrogen-bond acceptors (Lipinski definition) is 7. The molecule has 0 unspecified atom stereocenters. The molecule has 2 aromatic carbocycles. The van der Waals surface area contributed by atoms with Gasteiger partial charge in [-0.1, -0.05) is 6.07 Å². The van der Waals surface area contributed by atoms with Gasteiger partial charge in [-0.15, -0.1) is 4.91 Å². The minimum Gasteiger partial charge on any atom is -0.493 e. The van der Waals surface area contributed by atoms with Crippen LogP contribution in [0.4, 0.5) is 11.4 Å². The molecule has 0 amide bonds. The van der Waals surface area contributed by atoms with E-state index in [1.807, 2.05) is 0 Å². The molecule has 0 aromatic heterocycles. The third kappa shape index (κ3) is 5.38. The van der Waals surface area contributed by atoms with Crippen LogP contribution >= 0.6 is 12.2 Å². The monoisotopic (exact) mass is 389 g/mol. The van der Waals surface area contributed by atoms with Crippen molar-refractivity contribution < 1.29 is 19.0 Å². The number of nitrogens with zero attached hydrogens (tertiary/aromatic N) is 1. The van der Waals surface area contributed by atoms with E-state index in [4.69, 9.17) is 21.7 Å². The predicted octanol–water partition coefficient (Wildman–Crippen LogP) is 3.52. The summed E-state index contributed by atoms with van der Waals surface area (Å²) in [4.78, 5) is 22.6. The van der Waals surface area contributed by atoms with Crippen LogP contribution in [0, 0.1) is 4.91 Å². The van der Waals surface area contributed by atoms with Crippen LogP contribution in [-0.2, 0) is 16.0 Å². The maximum atomic E-state index is 11.4. The highest BCUT2D eigenvalue weighted by Gasteiger charge is 2.13. The number of benzene rings is 2. The molecular weight excluding hydrogens is 370 g/mol. The number of ether oxygens (including phenoxy) is 3. The molecule has 142 valence electrons. The van der Waals surface area contributed by atoms with E-state index in [1.165, 1.54) is 20.3 Å². The first-order valence-corrected chi connectivity index (χ1v) is 8.29. The van der Waals surface area contributed by atoms with E-state index in [-0.39, 0.29) is 23.8 Å². The Hall–Kier alpha value is -3.20. The lowest BCUT2D eigenvalue weighted by Gasteiger charge is -2.14. The summed E-state index contributed by atoms with van der Waals surface area (Å²) < 4.78 is 15.8. The number of anilines is 1. The predicted molar refractivity (Wildman–Crippen MR) is 106 cm³/mol. The van der Waals surface area contributed by atoms with Crippen molar-refractivity contribution in [3.8, 4) is 17.2 Å². The molecule has 0 aliphatic rings. The summed E-state index contributed by atoms with van der Waals surface area (Å²) in [5.41, 5.74) is 1.40. The Morgan fingerprint density at radius 2 is 1.85 bits per heavy atom. The summed E-state index contributed by atoms with van der Waals surface area (Å²) in [6.45, 7) is 0. The van der Waals surface area contributed by atoms with Gasteiger partial charge < -0.3 is 24.8 Å². The van der Waals surface area contributed by atoms with Gasteiger partial charge in [0.25, 0.3) is 0 Å². The lowest BCUT2D eigenvalue weighted by Crippen LogP contribution is -2.23. The van der Waals surface area contributed by atoms with E-state index in [9.17, 15) is 9.70 Å². The third-order valence-corrected chi connectivity index (χ3v) is 3.87. The first-order valence-electron chi connectivity index (χ1n) is 7.88. The summed E-state index contributed by atoms with van der Waals surface area (Å²) in [5, 5.41) is 9.09. The zero-order chi connectivity index (χ0) is 19.8. The first kappa shape index (κ1) is 20.1. The van der Waals surface area contributed by atoms with E-state index in [1.54, 1.807) is 37.4 Å². The molecule has 2 N–H and O–H groups in total. The molecular formula is C18H19N3O5S. The van der Waals surface area contributed by atoms with Crippen molar-refractivity contribution in [2.75, 3.05) is 26.6 Å². The second-order valence-corrected chi connectivity index (χ2v) is 5.73. The van der Waals surface area contributed by atoms with Gasteiger partial charge in [-0.2, -0.15) is 0 Å². The normalized spacial score (nSPS) is 9.89. The van der Waals surface area contributed by atoms with Gasteiger partial charge in [0.05, 0.1) is 20.6 Å². The standard InChI is InChI=1S/C18H19N3O5S/c1-19-18(27)20-12-5-7-14(13(10-12)21-23)26-15-6-4-11(8-16(15)24-2)9-17(22)25-3/h4-8,10H,9H2,1-3H3,(H2,19,20,27). The third-order valence-electron chi connectivity index (χ3n) is 3.57. The Kier molecular flexibility index (Phi) is 7.07. The van der Waals surface area contributed by atoms with Crippen molar-refractivity contribution in [1.82, 2.24) is 5.32 Å². The topological polar surface area (TPSA) is 98.2 Å². The number of carbonyl (C=O) groups is 1. The van der Waals surface area contributed by atoms with E-state index in [2.05, 4.69) is 20.5 Å². The summed E-state index contributed by atoms with van der Waals surface area (Å²) in [6.07, 6.45) is 0.111. The van der Waals surface area contributed by atoms with Crippen LogP contribution in [0.15, 0.2) is 41.6 Å². The molecule has 8 nitrogen and oxygen atoms in total. The van der Waals surface area contributed by atoms with Crippen LogP contribution in [0.5, 0.6) is 17.2 Å². The highest BCUT2D eigenvalue weighted by Crippen LogP contribution is 2.38. The molecule has 0 fully saturated rings. The van der Waals surface area contributed by atoms with Crippen LogP contribution in [-0.4, -0.2) is 32.3 Å². The van der Waals surface area contributed by atoms with Gasteiger partial charge in [0.2, 0.25) is 0 Å². The van der Waals surface area contributed by atoms with Gasteiger partial charge in [-0.25, -0.2) is 0 Å². The van der Waals surface area contributed by atoms with Crippen LogP contribution in [0.1, 0.15) is 5.56 Å². The molecule has 0 heterocycles. The minimum atomic E-state index is -0.360. The quantitative estimate of drug-likeness (QED) is 0.422. The van der Waals surface area contributed by atoms with Crippen molar-refractivity contribution in [2.24, 2.45) is 5.18 Å². The zero-order valence-electron chi connectivity index (χ0n) is 15.1. The summed E-state index contributed by atoms with van der Waals surface area (Å²) in [6, 6.07) is 9.84. The van der Waals surface area contributed by atoms with Crippen molar-refractivity contribution in [2.45, 2.75) is 6.42 Å². The SMILES string of the molecule is CNC(=S)Nc1ccc(Oc2ccc(CC(=O)OC)cc2OC)c(N=O)c1. The molecule has 0 aliphatic carbocycles. The van der Waals surface area contributed by atoms with Crippen LogP contribution in [0.2, 0.25) is 0 Å². The highest BCUT2D eigenvalue weighted by atomic mass is 32.1. The lowest BCUT2D eigenvalue weighted by atomic mass is 10.1. The van der Waals surface area contributed by atoms with Gasteiger partial charge >= 0.3 is 5.97 Å². The summed E-state index contributed by atoms with van der Waals surface area (Å²) in [5.74, 6) is 0.681. The smallest absolute Gasteiger partial charge is 0.309 e.